The molecule has 1 aromatic carbocycles. The molecule has 0 bridgehead atoms. The van der Waals surface area contributed by atoms with Gasteiger partial charge in [0.2, 0.25) is 5.78 Å². The SMILES string of the molecule is CCOC(=O)c1c(C)[nH]c(C(=O)[C@@H](C)Oc2cccc(Cl)c2)c1C. The fraction of sp³-hybridized carbons (Fsp3) is 0.333. The van der Waals surface area contributed by atoms with Gasteiger partial charge in [-0.3, -0.25) is 4.79 Å². The molecule has 0 saturated heterocycles. The quantitative estimate of drug-likeness (QED) is 0.629. The standard InChI is InChI=1S/C18H20ClNO4/c1-5-23-18(22)15-10(2)16(20-11(15)3)17(21)12(4)24-14-8-6-7-13(19)9-14/h6-9,12,20H,5H2,1-4H3/t12-/m1/s1. The van der Waals surface area contributed by atoms with Gasteiger partial charge in [-0.25, -0.2) is 4.79 Å². The summed E-state index contributed by atoms with van der Waals surface area (Å²) in [5, 5.41) is 0.531. The Labute approximate surface area is 145 Å². The summed E-state index contributed by atoms with van der Waals surface area (Å²) < 4.78 is 10.7. The monoisotopic (exact) mass is 349 g/mol. The van der Waals surface area contributed by atoms with Gasteiger partial charge >= 0.3 is 5.97 Å². The minimum Gasteiger partial charge on any atom is -0.482 e. The molecule has 0 saturated carbocycles. The second kappa shape index (κ2) is 7.53. The van der Waals surface area contributed by atoms with Crippen molar-refractivity contribution in [2.75, 3.05) is 6.61 Å². The van der Waals surface area contributed by atoms with Crippen molar-refractivity contribution in [1.82, 2.24) is 4.98 Å². The van der Waals surface area contributed by atoms with Gasteiger partial charge in [0.25, 0.3) is 0 Å². The fourth-order valence-electron chi connectivity index (χ4n) is 2.51. The zero-order chi connectivity index (χ0) is 17.9. The van der Waals surface area contributed by atoms with Crippen LogP contribution in [0.15, 0.2) is 24.3 Å². The molecule has 0 fully saturated rings. The van der Waals surface area contributed by atoms with Crippen molar-refractivity contribution >= 4 is 23.4 Å². The fourth-order valence-corrected chi connectivity index (χ4v) is 2.69. The lowest BCUT2D eigenvalue weighted by molar-refractivity contribution is 0.0525. The van der Waals surface area contributed by atoms with Crippen LogP contribution in [0.1, 0.15) is 46.0 Å². The van der Waals surface area contributed by atoms with Gasteiger partial charge in [0, 0.05) is 10.7 Å². The van der Waals surface area contributed by atoms with Gasteiger partial charge in [0.05, 0.1) is 17.9 Å². The highest BCUT2D eigenvalue weighted by atomic mass is 35.5. The van der Waals surface area contributed by atoms with Crippen LogP contribution >= 0.6 is 11.6 Å². The second-order valence-corrected chi connectivity index (χ2v) is 5.86. The van der Waals surface area contributed by atoms with Crippen LogP contribution in [0.4, 0.5) is 0 Å². The van der Waals surface area contributed by atoms with Crippen LogP contribution in [-0.2, 0) is 4.74 Å². The summed E-state index contributed by atoms with van der Waals surface area (Å²) in [4.78, 5) is 27.7. The second-order valence-electron chi connectivity index (χ2n) is 5.43. The van der Waals surface area contributed by atoms with Gasteiger partial charge in [0.1, 0.15) is 5.75 Å². The largest absolute Gasteiger partial charge is 0.482 e. The maximum atomic E-state index is 12.7. The van der Waals surface area contributed by atoms with E-state index < -0.39 is 12.1 Å². The summed E-state index contributed by atoms with van der Waals surface area (Å²) in [5.41, 5.74) is 1.92. The number of rotatable bonds is 6. The van der Waals surface area contributed by atoms with Crippen molar-refractivity contribution in [3.63, 3.8) is 0 Å². The summed E-state index contributed by atoms with van der Waals surface area (Å²) >= 11 is 5.92. The Morgan fingerprint density at radius 1 is 1.29 bits per heavy atom. The molecule has 6 heteroatoms. The van der Waals surface area contributed by atoms with Gasteiger partial charge in [-0.05, 0) is 51.5 Å². The number of carbonyl (C=O) groups excluding carboxylic acids is 2. The molecule has 0 amide bonds. The number of hydrogen-bond acceptors (Lipinski definition) is 4. The molecule has 2 rings (SSSR count). The van der Waals surface area contributed by atoms with Crippen molar-refractivity contribution in [3.05, 3.63) is 51.8 Å². The van der Waals surface area contributed by atoms with E-state index in [-0.39, 0.29) is 12.4 Å². The molecule has 0 aliphatic carbocycles. The molecule has 1 N–H and O–H groups in total. The van der Waals surface area contributed by atoms with Crippen molar-refractivity contribution in [1.29, 1.82) is 0 Å². The maximum absolute atomic E-state index is 12.7. The normalized spacial score (nSPS) is 11.9. The number of aromatic amines is 1. The Kier molecular flexibility index (Phi) is 5.67. The van der Waals surface area contributed by atoms with Crippen LogP contribution in [0.3, 0.4) is 0 Å². The van der Waals surface area contributed by atoms with E-state index in [4.69, 9.17) is 21.1 Å². The van der Waals surface area contributed by atoms with Crippen LogP contribution in [0, 0.1) is 13.8 Å². The van der Waals surface area contributed by atoms with Gasteiger partial charge in [-0.15, -0.1) is 0 Å². The van der Waals surface area contributed by atoms with E-state index in [9.17, 15) is 9.59 Å². The third-order valence-corrected chi connectivity index (χ3v) is 3.88. The van der Waals surface area contributed by atoms with E-state index in [1.165, 1.54) is 0 Å². The van der Waals surface area contributed by atoms with E-state index in [0.717, 1.165) is 0 Å². The lowest BCUT2D eigenvalue weighted by Crippen LogP contribution is -2.25. The molecular formula is C18H20ClNO4. The van der Waals surface area contributed by atoms with E-state index in [0.29, 0.717) is 33.3 Å². The Bertz CT molecular complexity index is 766. The number of aryl methyl sites for hydroxylation is 1. The van der Waals surface area contributed by atoms with Crippen molar-refractivity contribution in [2.45, 2.75) is 33.8 Å². The number of halogens is 1. The first kappa shape index (κ1) is 18.1. The zero-order valence-corrected chi connectivity index (χ0v) is 14.9. The number of Topliss-reactive ketones (excluding diaryl/α,β-unsaturated/α-hetero) is 1. The Hall–Kier alpha value is -2.27. The van der Waals surface area contributed by atoms with Gasteiger partial charge in [-0.2, -0.15) is 0 Å². The van der Waals surface area contributed by atoms with Crippen LogP contribution in [-0.4, -0.2) is 29.4 Å². The summed E-state index contributed by atoms with van der Waals surface area (Å²) in [7, 11) is 0. The predicted octanol–water partition coefficient (Wildman–Crippen LogP) is 4.11. The molecule has 0 aliphatic rings. The van der Waals surface area contributed by atoms with Crippen molar-refractivity contribution < 1.29 is 19.1 Å². The number of esters is 1. The van der Waals surface area contributed by atoms with Gasteiger partial charge in [-0.1, -0.05) is 17.7 Å². The van der Waals surface area contributed by atoms with Gasteiger partial charge < -0.3 is 14.5 Å². The molecule has 1 aromatic heterocycles. The third-order valence-electron chi connectivity index (χ3n) is 3.64. The first-order valence-electron chi connectivity index (χ1n) is 7.67. The van der Waals surface area contributed by atoms with Crippen molar-refractivity contribution in [3.8, 4) is 5.75 Å². The molecule has 0 unspecified atom stereocenters. The minimum atomic E-state index is -0.727. The minimum absolute atomic E-state index is 0.244. The zero-order valence-electron chi connectivity index (χ0n) is 14.1. The molecule has 0 radical (unpaired) electrons. The number of hydrogen-bond donors (Lipinski definition) is 1. The summed E-state index contributed by atoms with van der Waals surface area (Å²) in [5.74, 6) is -0.174. The van der Waals surface area contributed by atoms with Gasteiger partial charge in [0.15, 0.2) is 6.10 Å². The number of ketones is 1. The molecule has 24 heavy (non-hydrogen) atoms. The number of nitrogens with one attached hydrogen (secondary N) is 1. The predicted molar refractivity (Wildman–Crippen MR) is 92.1 cm³/mol. The molecule has 1 atom stereocenters. The van der Waals surface area contributed by atoms with Crippen LogP contribution in [0.2, 0.25) is 5.02 Å². The summed E-state index contributed by atoms with van der Waals surface area (Å²) in [6.45, 7) is 7.12. The Balaban J connectivity index is 2.23. The smallest absolute Gasteiger partial charge is 0.340 e. The van der Waals surface area contributed by atoms with Crippen LogP contribution in [0.25, 0.3) is 0 Å². The average molecular weight is 350 g/mol. The topological polar surface area (TPSA) is 68.4 Å². The lowest BCUT2D eigenvalue weighted by atomic mass is 10.1. The van der Waals surface area contributed by atoms with Crippen LogP contribution < -0.4 is 4.74 Å². The number of aromatic nitrogens is 1. The highest BCUT2D eigenvalue weighted by molar-refractivity contribution is 6.30. The number of ether oxygens (including phenoxy) is 2. The summed E-state index contributed by atoms with van der Waals surface area (Å²) in [6.07, 6.45) is -0.727. The van der Waals surface area contributed by atoms with E-state index in [2.05, 4.69) is 4.98 Å². The molecule has 2 aromatic rings. The Morgan fingerprint density at radius 2 is 2.00 bits per heavy atom. The third kappa shape index (κ3) is 3.79. The van der Waals surface area contributed by atoms with E-state index in [1.54, 1.807) is 52.0 Å². The van der Waals surface area contributed by atoms with E-state index >= 15 is 0 Å². The highest BCUT2D eigenvalue weighted by Gasteiger charge is 2.26. The molecule has 128 valence electrons. The average Bonchev–Trinajstić information content (AvgIpc) is 2.81. The first-order valence-corrected chi connectivity index (χ1v) is 8.05. The number of benzene rings is 1. The molecule has 0 spiro atoms. The first-order chi connectivity index (χ1) is 11.3. The number of H-pyrrole nitrogens is 1. The Morgan fingerprint density at radius 3 is 2.62 bits per heavy atom. The summed E-state index contributed by atoms with van der Waals surface area (Å²) in [6, 6.07) is 6.84. The molecular weight excluding hydrogens is 330 g/mol. The maximum Gasteiger partial charge on any atom is 0.340 e. The molecule has 0 aliphatic heterocycles. The number of carbonyl (C=O) groups is 2. The van der Waals surface area contributed by atoms with E-state index in [1.807, 2.05) is 0 Å². The lowest BCUT2D eigenvalue weighted by Gasteiger charge is -2.13. The van der Waals surface area contributed by atoms with Crippen LogP contribution in [0.5, 0.6) is 5.75 Å². The molecule has 1 heterocycles. The highest BCUT2D eigenvalue weighted by Crippen LogP contribution is 2.23. The molecule has 5 nitrogen and oxygen atoms in total. The van der Waals surface area contributed by atoms with Crippen molar-refractivity contribution in [2.24, 2.45) is 0 Å².